The molecule has 1 amide bonds. The van der Waals surface area contributed by atoms with E-state index >= 15 is 0 Å². The van der Waals surface area contributed by atoms with Crippen LogP contribution in [0.1, 0.15) is 25.6 Å². The number of methoxy groups -OCH3 is 1. The number of nitrogens with one attached hydrogen (secondary N) is 1. The predicted molar refractivity (Wildman–Crippen MR) is 109 cm³/mol. The molecular weight excluding hydrogens is 364 g/mol. The molecule has 4 nitrogen and oxygen atoms in total. The van der Waals surface area contributed by atoms with Crippen molar-refractivity contribution in [3.63, 3.8) is 0 Å². The van der Waals surface area contributed by atoms with Gasteiger partial charge in [0.1, 0.15) is 10.8 Å². The topological polar surface area (TPSA) is 51.2 Å². The molecule has 1 aromatic carbocycles. The van der Waals surface area contributed by atoms with Crippen LogP contribution in [-0.2, 0) is 11.3 Å². The molecule has 136 valence electrons. The van der Waals surface area contributed by atoms with Crippen LogP contribution in [0.25, 0.3) is 21.1 Å². The molecule has 2 aromatic heterocycles. The molecule has 0 aliphatic heterocycles. The van der Waals surface area contributed by atoms with Gasteiger partial charge in [-0.25, -0.2) is 4.98 Å². The Labute approximate surface area is 161 Å². The lowest BCUT2D eigenvalue weighted by Crippen LogP contribution is -2.34. The van der Waals surface area contributed by atoms with Gasteiger partial charge in [0.15, 0.2) is 0 Å². The number of amides is 1. The smallest absolute Gasteiger partial charge is 0.225 e. The second kappa shape index (κ2) is 7.60. The van der Waals surface area contributed by atoms with Crippen molar-refractivity contribution < 1.29 is 9.53 Å². The van der Waals surface area contributed by atoms with Gasteiger partial charge in [0, 0.05) is 21.2 Å². The fourth-order valence-corrected chi connectivity index (χ4v) is 4.12. The molecule has 1 N–H and O–H groups in total. The zero-order valence-corrected chi connectivity index (χ0v) is 17.0. The lowest BCUT2D eigenvalue weighted by atomic mass is 9.96. The van der Waals surface area contributed by atoms with Gasteiger partial charge < -0.3 is 10.1 Å². The third-order valence-electron chi connectivity index (χ3n) is 3.84. The van der Waals surface area contributed by atoms with Crippen LogP contribution in [0.2, 0.25) is 0 Å². The van der Waals surface area contributed by atoms with Gasteiger partial charge in [0.25, 0.3) is 0 Å². The number of carbonyl (C=O) groups excluding carboxylic acids is 1. The number of thiazole rings is 1. The number of ether oxygens (including phenoxy) is 1. The summed E-state index contributed by atoms with van der Waals surface area (Å²) in [5, 5.41) is 6.02. The zero-order valence-electron chi connectivity index (χ0n) is 15.3. The first-order valence-electron chi connectivity index (χ1n) is 8.34. The molecule has 0 spiro atoms. The highest BCUT2D eigenvalue weighted by molar-refractivity contribution is 7.16. The van der Waals surface area contributed by atoms with E-state index in [4.69, 9.17) is 9.72 Å². The second-order valence-electron chi connectivity index (χ2n) is 6.97. The molecule has 0 radical (unpaired) electrons. The van der Waals surface area contributed by atoms with Crippen LogP contribution in [0.5, 0.6) is 5.75 Å². The maximum atomic E-state index is 12.0. The summed E-state index contributed by atoms with van der Waals surface area (Å²) in [6.07, 6.45) is 0. The molecule has 0 bridgehead atoms. The quantitative estimate of drug-likeness (QED) is 0.655. The number of aromatic nitrogens is 1. The molecule has 26 heavy (non-hydrogen) atoms. The number of nitrogens with zero attached hydrogens (tertiary/aromatic N) is 1. The Morgan fingerprint density at radius 3 is 2.77 bits per heavy atom. The fraction of sp³-hybridized carbons (Fsp3) is 0.300. The first-order valence-corrected chi connectivity index (χ1v) is 10.0. The van der Waals surface area contributed by atoms with Crippen molar-refractivity contribution in [1.29, 1.82) is 0 Å². The monoisotopic (exact) mass is 386 g/mol. The highest BCUT2D eigenvalue weighted by Crippen LogP contribution is 2.33. The van der Waals surface area contributed by atoms with Crippen LogP contribution in [0.3, 0.4) is 0 Å². The van der Waals surface area contributed by atoms with E-state index in [0.29, 0.717) is 6.54 Å². The van der Waals surface area contributed by atoms with Crippen molar-refractivity contribution in [2.75, 3.05) is 7.11 Å². The molecule has 3 aromatic rings. The summed E-state index contributed by atoms with van der Waals surface area (Å²) in [4.78, 5) is 19.0. The fourth-order valence-electron chi connectivity index (χ4n) is 2.32. The number of hydrogen-bond donors (Lipinski definition) is 1. The molecule has 2 heterocycles. The highest BCUT2D eigenvalue weighted by Gasteiger charge is 2.20. The lowest BCUT2D eigenvalue weighted by Gasteiger charge is -2.17. The molecule has 3 rings (SSSR count). The summed E-state index contributed by atoms with van der Waals surface area (Å²) in [5.74, 6) is 0.883. The van der Waals surface area contributed by atoms with Crippen molar-refractivity contribution in [3.05, 3.63) is 46.7 Å². The van der Waals surface area contributed by atoms with Gasteiger partial charge in [-0.3, -0.25) is 4.79 Å². The van der Waals surface area contributed by atoms with Crippen LogP contribution in [0, 0.1) is 5.41 Å². The normalized spacial score (nSPS) is 11.4. The highest BCUT2D eigenvalue weighted by atomic mass is 32.1. The molecule has 0 saturated heterocycles. The van der Waals surface area contributed by atoms with E-state index in [2.05, 4.69) is 16.8 Å². The summed E-state index contributed by atoms with van der Waals surface area (Å²) < 4.78 is 5.29. The van der Waals surface area contributed by atoms with Gasteiger partial charge in [-0.1, -0.05) is 32.9 Å². The third kappa shape index (κ3) is 4.31. The van der Waals surface area contributed by atoms with Crippen LogP contribution >= 0.6 is 22.7 Å². The summed E-state index contributed by atoms with van der Waals surface area (Å²) in [7, 11) is 1.66. The molecule has 6 heteroatoms. The lowest BCUT2D eigenvalue weighted by molar-refractivity contribution is -0.128. The van der Waals surface area contributed by atoms with Gasteiger partial charge in [-0.05, 0) is 24.3 Å². The minimum Gasteiger partial charge on any atom is -0.497 e. The maximum absolute atomic E-state index is 12.0. The van der Waals surface area contributed by atoms with Crippen LogP contribution in [-0.4, -0.2) is 18.0 Å². The van der Waals surface area contributed by atoms with Gasteiger partial charge in [-0.2, -0.15) is 0 Å². The van der Waals surface area contributed by atoms with Crippen molar-refractivity contribution in [3.8, 4) is 26.9 Å². The largest absolute Gasteiger partial charge is 0.497 e. The molecule has 0 aliphatic rings. The van der Waals surface area contributed by atoms with E-state index in [1.54, 1.807) is 29.8 Å². The first kappa shape index (κ1) is 18.6. The van der Waals surface area contributed by atoms with E-state index in [1.165, 1.54) is 0 Å². The SMILES string of the molecule is COc1cccc(-c2nc(-c3ccc(CNC(=O)C(C)(C)C)s3)cs2)c1. The first-order chi connectivity index (χ1) is 12.4. The molecule has 0 saturated carbocycles. The van der Waals surface area contributed by atoms with Gasteiger partial charge in [0.05, 0.1) is 24.2 Å². The van der Waals surface area contributed by atoms with Crippen LogP contribution in [0.4, 0.5) is 0 Å². The number of rotatable bonds is 5. The third-order valence-corrected chi connectivity index (χ3v) is 5.84. The summed E-state index contributed by atoms with van der Waals surface area (Å²) in [6.45, 7) is 6.29. The van der Waals surface area contributed by atoms with E-state index in [-0.39, 0.29) is 11.3 Å². The van der Waals surface area contributed by atoms with Gasteiger partial charge >= 0.3 is 0 Å². The van der Waals surface area contributed by atoms with Crippen LogP contribution in [0.15, 0.2) is 41.8 Å². The summed E-state index contributed by atoms with van der Waals surface area (Å²) in [6, 6.07) is 12.0. The van der Waals surface area contributed by atoms with E-state index in [1.807, 2.05) is 51.1 Å². The van der Waals surface area contributed by atoms with E-state index in [0.717, 1.165) is 31.8 Å². The Kier molecular flexibility index (Phi) is 5.44. The van der Waals surface area contributed by atoms with Crippen molar-refractivity contribution in [2.24, 2.45) is 5.41 Å². The molecule has 0 atom stereocenters. The average molecular weight is 387 g/mol. The molecule has 0 fully saturated rings. The molecule has 0 aliphatic carbocycles. The number of hydrogen-bond acceptors (Lipinski definition) is 5. The van der Waals surface area contributed by atoms with Crippen molar-refractivity contribution in [1.82, 2.24) is 10.3 Å². The maximum Gasteiger partial charge on any atom is 0.225 e. The average Bonchev–Trinajstić information content (AvgIpc) is 3.28. The standard InChI is InChI=1S/C20H22N2O2S2/c1-20(2,3)19(23)21-11-15-8-9-17(26-15)16-12-25-18(22-16)13-6-5-7-14(10-13)24-4/h5-10,12H,11H2,1-4H3,(H,21,23). The van der Waals surface area contributed by atoms with E-state index in [9.17, 15) is 4.79 Å². The number of thiophene rings is 1. The Morgan fingerprint density at radius 2 is 2.04 bits per heavy atom. The Bertz CT molecular complexity index is 906. The second-order valence-corrected chi connectivity index (χ2v) is 8.99. The minimum absolute atomic E-state index is 0.0569. The minimum atomic E-state index is -0.374. The van der Waals surface area contributed by atoms with Crippen molar-refractivity contribution >= 4 is 28.6 Å². The summed E-state index contributed by atoms with van der Waals surface area (Å²) in [5.41, 5.74) is 1.64. The number of benzene rings is 1. The Morgan fingerprint density at radius 1 is 1.23 bits per heavy atom. The Hall–Kier alpha value is -2.18. The van der Waals surface area contributed by atoms with E-state index < -0.39 is 0 Å². The molecule has 0 unspecified atom stereocenters. The number of carbonyl (C=O) groups is 1. The molecular formula is C20H22N2O2S2. The predicted octanol–water partition coefficient (Wildman–Crippen LogP) is 5.21. The van der Waals surface area contributed by atoms with Crippen LogP contribution < -0.4 is 10.1 Å². The summed E-state index contributed by atoms with van der Waals surface area (Å²) >= 11 is 3.28. The zero-order chi connectivity index (χ0) is 18.7. The van der Waals surface area contributed by atoms with Crippen molar-refractivity contribution in [2.45, 2.75) is 27.3 Å². The Balaban J connectivity index is 1.72. The van der Waals surface area contributed by atoms with Gasteiger partial charge in [0.2, 0.25) is 5.91 Å². The van der Waals surface area contributed by atoms with Gasteiger partial charge in [-0.15, -0.1) is 22.7 Å².